The minimum Gasteiger partial charge on any atom is -0.481 e. The molecule has 0 aliphatic rings. The van der Waals surface area contributed by atoms with E-state index in [1.54, 1.807) is 13.0 Å². The maximum atomic E-state index is 11.1. The van der Waals surface area contributed by atoms with Crippen LogP contribution in [0, 0.1) is 5.92 Å². The molecule has 0 bridgehead atoms. The number of carboxylic acids is 1. The Balaban J connectivity index is 3.46. The highest BCUT2D eigenvalue weighted by molar-refractivity contribution is 5.78. The Morgan fingerprint density at radius 2 is 2.20 bits per heavy atom. The van der Waals surface area contributed by atoms with Crippen LogP contribution in [0.15, 0.2) is 12.7 Å². The summed E-state index contributed by atoms with van der Waals surface area (Å²) in [6, 6.07) is 0. The van der Waals surface area contributed by atoms with Gasteiger partial charge in [-0.2, -0.15) is 0 Å². The fourth-order valence-corrected chi connectivity index (χ4v) is 0.902. The van der Waals surface area contributed by atoms with Crippen LogP contribution in [0.3, 0.4) is 0 Å². The Kier molecular flexibility index (Phi) is 7.27. The van der Waals surface area contributed by atoms with Gasteiger partial charge in [0, 0.05) is 13.1 Å². The topological polar surface area (TPSA) is 78.4 Å². The zero-order chi connectivity index (χ0) is 11.7. The number of carboxylic acid groups (broad SMARTS) is 1. The monoisotopic (exact) mass is 214 g/mol. The maximum absolute atomic E-state index is 11.1. The van der Waals surface area contributed by atoms with Crippen LogP contribution in [0.25, 0.3) is 0 Å². The van der Waals surface area contributed by atoms with Gasteiger partial charge in [-0.05, 0) is 6.42 Å². The van der Waals surface area contributed by atoms with Crippen LogP contribution in [-0.2, 0) is 9.59 Å². The summed E-state index contributed by atoms with van der Waals surface area (Å²) in [6.45, 7) is 6.32. The van der Waals surface area contributed by atoms with Crippen molar-refractivity contribution in [1.82, 2.24) is 10.6 Å². The van der Waals surface area contributed by atoms with Gasteiger partial charge in [-0.1, -0.05) is 13.0 Å². The summed E-state index contributed by atoms with van der Waals surface area (Å²) in [7, 11) is 0. The van der Waals surface area contributed by atoms with Crippen molar-refractivity contribution < 1.29 is 14.7 Å². The van der Waals surface area contributed by atoms with E-state index in [1.807, 2.05) is 0 Å². The molecule has 86 valence electrons. The molecular formula is C10H18N2O3. The molecular weight excluding hydrogens is 196 g/mol. The number of nitrogens with one attached hydrogen (secondary N) is 2. The molecule has 0 saturated heterocycles. The van der Waals surface area contributed by atoms with Crippen molar-refractivity contribution in [2.75, 3.05) is 19.6 Å². The third-order valence-corrected chi connectivity index (χ3v) is 1.90. The largest absolute Gasteiger partial charge is 0.481 e. The summed E-state index contributed by atoms with van der Waals surface area (Å²) < 4.78 is 0. The van der Waals surface area contributed by atoms with Crippen molar-refractivity contribution in [2.24, 2.45) is 5.92 Å². The van der Waals surface area contributed by atoms with Crippen LogP contribution in [0.1, 0.15) is 13.3 Å². The van der Waals surface area contributed by atoms with Gasteiger partial charge >= 0.3 is 5.97 Å². The molecule has 0 aromatic rings. The molecule has 0 aliphatic heterocycles. The molecule has 0 aromatic heterocycles. The zero-order valence-electron chi connectivity index (χ0n) is 8.95. The average Bonchev–Trinajstić information content (AvgIpc) is 2.18. The van der Waals surface area contributed by atoms with E-state index in [9.17, 15) is 9.59 Å². The van der Waals surface area contributed by atoms with Crippen LogP contribution in [0.2, 0.25) is 0 Å². The van der Waals surface area contributed by atoms with E-state index >= 15 is 0 Å². The van der Waals surface area contributed by atoms with Crippen LogP contribution in [0.4, 0.5) is 0 Å². The standard InChI is InChI=1S/C10H18N2O3/c1-3-5-11-7-9(13)12-6-4-8(2)10(14)15/h3,8,11H,1,4-7H2,2H3,(H,12,13)(H,14,15). The molecule has 1 amide bonds. The Labute approximate surface area is 89.6 Å². The first kappa shape index (κ1) is 13.6. The number of hydrogen-bond donors (Lipinski definition) is 3. The summed E-state index contributed by atoms with van der Waals surface area (Å²) in [4.78, 5) is 21.6. The first-order valence-electron chi connectivity index (χ1n) is 4.89. The summed E-state index contributed by atoms with van der Waals surface area (Å²) in [5.41, 5.74) is 0. The molecule has 0 aromatic carbocycles. The highest BCUT2D eigenvalue weighted by atomic mass is 16.4. The van der Waals surface area contributed by atoms with E-state index in [0.29, 0.717) is 19.5 Å². The third-order valence-electron chi connectivity index (χ3n) is 1.90. The number of amides is 1. The van der Waals surface area contributed by atoms with Crippen molar-refractivity contribution in [1.29, 1.82) is 0 Å². The molecule has 0 radical (unpaired) electrons. The Morgan fingerprint density at radius 3 is 2.73 bits per heavy atom. The molecule has 0 spiro atoms. The van der Waals surface area contributed by atoms with Crippen LogP contribution in [-0.4, -0.2) is 36.6 Å². The Morgan fingerprint density at radius 1 is 1.53 bits per heavy atom. The highest BCUT2D eigenvalue weighted by Crippen LogP contribution is 1.99. The lowest BCUT2D eigenvalue weighted by atomic mass is 10.1. The van der Waals surface area contributed by atoms with Gasteiger partial charge in [0.1, 0.15) is 0 Å². The minimum absolute atomic E-state index is 0.130. The lowest BCUT2D eigenvalue weighted by Gasteiger charge is -2.07. The molecule has 0 fully saturated rings. The molecule has 0 saturated carbocycles. The molecule has 0 rings (SSSR count). The van der Waals surface area contributed by atoms with Gasteiger partial charge in [0.05, 0.1) is 12.5 Å². The summed E-state index contributed by atoms with van der Waals surface area (Å²) in [5.74, 6) is -1.39. The number of carbonyl (C=O) groups is 2. The zero-order valence-corrected chi connectivity index (χ0v) is 8.95. The second-order valence-electron chi connectivity index (χ2n) is 3.30. The first-order valence-corrected chi connectivity index (χ1v) is 4.89. The Bertz CT molecular complexity index is 229. The third kappa shape index (κ3) is 7.69. The lowest BCUT2D eigenvalue weighted by Crippen LogP contribution is -2.35. The molecule has 0 aliphatic carbocycles. The quantitative estimate of drug-likeness (QED) is 0.392. The van der Waals surface area contributed by atoms with Gasteiger partial charge in [-0.25, -0.2) is 0 Å². The predicted octanol–water partition coefficient (Wildman–Crippen LogP) is -0.0110. The molecule has 3 N–H and O–H groups in total. The first-order chi connectivity index (χ1) is 7.07. The van der Waals surface area contributed by atoms with Crippen molar-refractivity contribution in [3.8, 4) is 0 Å². The van der Waals surface area contributed by atoms with Crippen LogP contribution < -0.4 is 10.6 Å². The second-order valence-corrected chi connectivity index (χ2v) is 3.30. The predicted molar refractivity (Wildman–Crippen MR) is 57.5 cm³/mol. The summed E-state index contributed by atoms with van der Waals surface area (Å²) in [5, 5.41) is 14.1. The van der Waals surface area contributed by atoms with Crippen molar-refractivity contribution in [3.05, 3.63) is 12.7 Å². The average molecular weight is 214 g/mol. The fourth-order valence-electron chi connectivity index (χ4n) is 0.902. The van der Waals surface area contributed by atoms with Crippen molar-refractivity contribution >= 4 is 11.9 Å². The summed E-state index contributed by atoms with van der Waals surface area (Å²) >= 11 is 0. The minimum atomic E-state index is -0.839. The van der Waals surface area contributed by atoms with Gasteiger partial charge in [0.2, 0.25) is 5.91 Å². The Hall–Kier alpha value is -1.36. The van der Waals surface area contributed by atoms with Crippen LogP contribution in [0.5, 0.6) is 0 Å². The van der Waals surface area contributed by atoms with Gasteiger partial charge < -0.3 is 15.7 Å². The molecule has 1 unspecified atom stereocenters. The van der Waals surface area contributed by atoms with E-state index in [-0.39, 0.29) is 12.5 Å². The van der Waals surface area contributed by atoms with E-state index in [2.05, 4.69) is 17.2 Å². The molecule has 15 heavy (non-hydrogen) atoms. The smallest absolute Gasteiger partial charge is 0.306 e. The molecule has 0 heterocycles. The normalized spacial score (nSPS) is 11.8. The van der Waals surface area contributed by atoms with E-state index in [4.69, 9.17) is 5.11 Å². The highest BCUT2D eigenvalue weighted by Gasteiger charge is 2.10. The summed E-state index contributed by atoms with van der Waals surface area (Å²) in [6.07, 6.45) is 2.11. The van der Waals surface area contributed by atoms with Crippen molar-refractivity contribution in [3.63, 3.8) is 0 Å². The molecule has 1 atom stereocenters. The maximum Gasteiger partial charge on any atom is 0.306 e. The van der Waals surface area contributed by atoms with Crippen molar-refractivity contribution in [2.45, 2.75) is 13.3 Å². The SMILES string of the molecule is C=CCNCC(=O)NCCC(C)C(=O)O. The van der Waals surface area contributed by atoms with Gasteiger partial charge in [-0.15, -0.1) is 6.58 Å². The van der Waals surface area contributed by atoms with Gasteiger partial charge in [-0.3, -0.25) is 9.59 Å². The lowest BCUT2D eigenvalue weighted by molar-refractivity contribution is -0.141. The number of carbonyl (C=O) groups excluding carboxylic acids is 1. The number of aliphatic carboxylic acids is 1. The van der Waals surface area contributed by atoms with E-state index in [1.165, 1.54) is 0 Å². The van der Waals surface area contributed by atoms with Crippen LogP contribution >= 0.6 is 0 Å². The molecule has 5 nitrogen and oxygen atoms in total. The second kappa shape index (κ2) is 7.99. The van der Waals surface area contributed by atoms with E-state index < -0.39 is 11.9 Å². The molecule has 5 heteroatoms. The fraction of sp³-hybridized carbons (Fsp3) is 0.600. The number of rotatable bonds is 8. The van der Waals surface area contributed by atoms with Gasteiger partial charge in [0.25, 0.3) is 0 Å². The number of hydrogen-bond acceptors (Lipinski definition) is 3. The van der Waals surface area contributed by atoms with Gasteiger partial charge in [0.15, 0.2) is 0 Å². The van der Waals surface area contributed by atoms with E-state index in [0.717, 1.165) is 0 Å².